The van der Waals surface area contributed by atoms with Gasteiger partial charge in [-0.1, -0.05) is 6.07 Å². The normalized spacial score (nSPS) is 14.8. The van der Waals surface area contributed by atoms with Crippen LogP contribution in [0.15, 0.2) is 33.7 Å². The van der Waals surface area contributed by atoms with E-state index < -0.39 is 0 Å². The summed E-state index contributed by atoms with van der Waals surface area (Å²) >= 11 is 0. The van der Waals surface area contributed by atoms with E-state index in [9.17, 15) is 4.79 Å². The zero-order valence-corrected chi connectivity index (χ0v) is 13.5. The van der Waals surface area contributed by atoms with Crippen LogP contribution in [0.1, 0.15) is 30.3 Å². The SMILES string of the molecule is Cc1nc2c(=O)n(C3CC3)c3c(C)c(-c4cn[nH]c4)ccc3c2o1. The minimum atomic E-state index is -0.0516. The quantitative estimate of drug-likeness (QED) is 0.613. The predicted molar refractivity (Wildman–Crippen MR) is 91.1 cm³/mol. The Bertz CT molecular complexity index is 1150. The molecule has 1 aromatic carbocycles. The molecule has 1 aliphatic carbocycles. The highest BCUT2D eigenvalue weighted by atomic mass is 16.3. The van der Waals surface area contributed by atoms with Crippen molar-refractivity contribution in [2.75, 3.05) is 0 Å². The second-order valence-corrected chi connectivity index (χ2v) is 6.44. The molecule has 1 fully saturated rings. The predicted octanol–water partition coefficient (Wildman–Crippen LogP) is 3.48. The van der Waals surface area contributed by atoms with E-state index in [4.69, 9.17) is 4.42 Å². The van der Waals surface area contributed by atoms with Gasteiger partial charge in [-0.3, -0.25) is 9.89 Å². The number of benzene rings is 1. The van der Waals surface area contributed by atoms with E-state index in [0.717, 1.165) is 40.4 Å². The maximum absolute atomic E-state index is 13.0. The second-order valence-electron chi connectivity index (χ2n) is 6.44. The molecule has 4 aromatic rings. The maximum Gasteiger partial charge on any atom is 0.281 e. The second kappa shape index (κ2) is 4.56. The molecule has 0 aliphatic heterocycles. The number of oxazole rings is 1. The molecule has 5 rings (SSSR count). The number of nitrogens with zero attached hydrogens (tertiary/aromatic N) is 3. The Kier molecular flexibility index (Phi) is 2.58. The van der Waals surface area contributed by atoms with E-state index >= 15 is 0 Å². The largest absolute Gasteiger partial charge is 0.440 e. The van der Waals surface area contributed by atoms with Crippen molar-refractivity contribution in [1.82, 2.24) is 19.7 Å². The standard InChI is InChI=1S/C18H16N4O2/c1-9-13(11-7-19-20-8-11)5-6-14-16(9)22(12-3-4-12)18(23)15-17(14)24-10(2)21-15/h5-8,12H,3-4H2,1-2H3,(H,19,20). The Morgan fingerprint density at radius 1 is 1.29 bits per heavy atom. The van der Waals surface area contributed by atoms with Crippen molar-refractivity contribution in [1.29, 1.82) is 0 Å². The minimum Gasteiger partial charge on any atom is -0.440 e. The van der Waals surface area contributed by atoms with E-state index in [1.165, 1.54) is 0 Å². The number of aromatic nitrogens is 4. The third-order valence-corrected chi connectivity index (χ3v) is 4.79. The molecule has 6 heteroatoms. The maximum atomic E-state index is 13.0. The number of hydrogen-bond acceptors (Lipinski definition) is 4. The van der Waals surface area contributed by atoms with Crippen LogP contribution in [0, 0.1) is 13.8 Å². The highest BCUT2D eigenvalue weighted by Gasteiger charge is 2.30. The van der Waals surface area contributed by atoms with Gasteiger partial charge < -0.3 is 8.98 Å². The lowest BCUT2D eigenvalue weighted by Crippen LogP contribution is -2.20. The van der Waals surface area contributed by atoms with Gasteiger partial charge in [-0.25, -0.2) is 4.98 Å². The summed E-state index contributed by atoms with van der Waals surface area (Å²) in [4.78, 5) is 17.3. The summed E-state index contributed by atoms with van der Waals surface area (Å²) in [5, 5.41) is 7.84. The molecule has 120 valence electrons. The van der Waals surface area contributed by atoms with Crippen LogP contribution in [0.2, 0.25) is 0 Å². The van der Waals surface area contributed by atoms with Crippen LogP contribution in [-0.4, -0.2) is 19.7 Å². The van der Waals surface area contributed by atoms with Crippen molar-refractivity contribution in [3.63, 3.8) is 0 Å². The number of pyridine rings is 1. The Labute approximate surface area is 137 Å². The molecular formula is C18H16N4O2. The zero-order valence-electron chi connectivity index (χ0n) is 13.5. The molecule has 0 saturated heterocycles. The molecule has 6 nitrogen and oxygen atoms in total. The summed E-state index contributed by atoms with van der Waals surface area (Å²) in [5.41, 5.74) is 5.07. The first-order valence-electron chi connectivity index (χ1n) is 8.09. The van der Waals surface area contributed by atoms with Crippen LogP contribution in [0.4, 0.5) is 0 Å². The van der Waals surface area contributed by atoms with Gasteiger partial charge >= 0.3 is 0 Å². The van der Waals surface area contributed by atoms with Crippen molar-refractivity contribution in [2.45, 2.75) is 32.7 Å². The van der Waals surface area contributed by atoms with E-state index in [2.05, 4.69) is 28.2 Å². The molecule has 0 bridgehead atoms. The molecule has 1 saturated carbocycles. The highest BCUT2D eigenvalue weighted by molar-refractivity contribution is 6.04. The molecule has 3 aromatic heterocycles. The van der Waals surface area contributed by atoms with Gasteiger partial charge in [0.1, 0.15) is 0 Å². The first-order valence-corrected chi connectivity index (χ1v) is 8.09. The van der Waals surface area contributed by atoms with Crippen LogP contribution in [-0.2, 0) is 0 Å². The van der Waals surface area contributed by atoms with Crippen molar-refractivity contribution in [3.05, 3.63) is 46.3 Å². The fourth-order valence-electron chi connectivity index (χ4n) is 3.56. The Balaban J connectivity index is 1.99. The van der Waals surface area contributed by atoms with Gasteiger partial charge in [0.15, 0.2) is 17.0 Å². The van der Waals surface area contributed by atoms with Crippen molar-refractivity contribution in [3.8, 4) is 11.1 Å². The molecule has 3 heterocycles. The molecule has 1 N–H and O–H groups in total. The molecule has 0 spiro atoms. The monoisotopic (exact) mass is 320 g/mol. The fourth-order valence-corrected chi connectivity index (χ4v) is 3.56. The molecule has 0 amide bonds. The summed E-state index contributed by atoms with van der Waals surface area (Å²) in [5.74, 6) is 0.522. The Morgan fingerprint density at radius 3 is 2.83 bits per heavy atom. The summed E-state index contributed by atoms with van der Waals surface area (Å²) in [7, 11) is 0. The number of aryl methyl sites for hydroxylation is 2. The minimum absolute atomic E-state index is 0.0516. The van der Waals surface area contributed by atoms with Crippen molar-refractivity contribution in [2.24, 2.45) is 0 Å². The lowest BCUT2D eigenvalue weighted by Gasteiger charge is -2.14. The number of hydrogen-bond donors (Lipinski definition) is 1. The Hall–Kier alpha value is -2.89. The lowest BCUT2D eigenvalue weighted by molar-refractivity contribution is 0.563. The van der Waals surface area contributed by atoms with Gasteiger partial charge in [0, 0.05) is 30.1 Å². The summed E-state index contributed by atoms with van der Waals surface area (Å²) < 4.78 is 7.67. The van der Waals surface area contributed by atoms with Gasteiger partial charge in [0.05, 0.1) is 11.7 Å². The van der Waals surface area contributed by atoms with Crippen molar-refractivity contribution < 1.29 is 4.42 Å². The first kappa shape index (κ1) is 13.5. The van der Waals surface area contributed by atoms with E-state index in [1.807, 2.05) is 16.8 Å². The lowest BCUT2D eigenvalue weighted by atomic mass is 9.99. The summed E-state index contributed by atoms with van der Waals surface area (Å²) in [6, 6.07) is 4.34. The summed E-state index contributed by atoms with van der Waals surface area (Å²) in [6.45, 7) is 3.83. The van der Waals surface area contributed by atoms with E-state index in [0.29, 0.717) is 17.0 Å². The van der Waals surface area contributed by atoms with Gasteiger partial charge in [-0.05, 0) is 37.0 Å². The van der Waals surface area contributed by atoms with Crippen LogP contribution >= 0.6 is 0 Å². The number of fused-ring (bicyclic) bond motifs is 3. The van der Waals surface area contributed by atoms with E-state index in [-0.39, 0.29) is 11.6 Å². The van der Waals surface area contributed by atoms with Crippen LogP contribution < -0.4 is 5.56 Å². The van der Waals surface area contributed by atoms with Crippen molar-refractivity contribution >= 4 is 22.0 Å². The highest BCUT2D eigenvalue weighted by Crippen LogP contribution is 2.40. The number of aromatic amines is 1. The third kappa shape index (κ3) is 1.73. The van der Waals surface area contributed by atoms with Gasteiger partial charge in [-0.2, -0.15) is 5.10 Å². The summed E-state index contributed by atoms with van der Waals surface area (Å²) in [6.07, 6.45) is 5.73. The van der Waals surface area contributed by atoms with Gasteiger partial charge in [0.2, 0.25) is 0 Å². The van der Waals surface area contributed by atoms with Crippen LogP contribution in [0.5, 0.6) is 0 Å². The molecule has 0 unspecified atom stereocenters. The van der Waals surface area contributed by atoms with Crippen LogP contribution in [0.3, 0.4) is 0 Å². The molecule has 24 heavy (non-hydrogen) atoms. The number of H-pyrrole nitrogens is 1. The number of nitrogens with one attached hydrogen (secondary N) is 1. The third-order valence-electron chi connectivity index (χ3n) is 4.79. The smallest absolute Gasteiger partial charge is 0.281 e. The fraction of sp³-hybridized carbons (Fsp3) is 0.278. The number of rotatable bonds is 2. The molecule has 0 radical (unpaired) electrons. The van der Waals surface area contributed by atoms with Gasteiger partial charge in [-0.15, -0.1) is 0 Å². The molecule has 0 atom stereocenters. The van der Waals surface area contributed by atoms with Crippen LogP contribution in [0.25, 0.3) is 33.1 Å². The zero-order chi connectivity index (χ0) is 16.4. The van der Waals surface area contributed by atoms with E-state index in [1.54, 1.807) is 13.1 Å². The molecule has 1 aliphatic rings. The van der Waals surface area contributed by atoms with Gasteiger partial charge in [0.25, 0.3) is 5.56 Å². The molecular weight excluding hydrogens is 304 g/mol. The Morgan fingerprint density at radius 2 is 2.12 bits per heavy atom. The average Bonchev–Trinajstić information content (AvgIpc) is 3.08. The first-order chi connectivity index (χ1) is 11.6. The average molecular weight is 320 g/mol. The topological polar surface area (TPSA) is 76.7 Å².